The highest BCUT2D eigenvalue weighted by Gasteiger charge is 2.24. The Morgan fingerprint density at radius 1 is 1.43 bits per heavy atom. The summed E-state index contributed by atoms with van der Waals surface area (Å²) >= 11 is 0. The quantitative estimate of drug-likeness (QED) is 0.841. The van der Waals surface area contributed by atoms with Crippen LogP contribution in [0.4, 0.5) is 4.39 Å². The van der Waals surface area contributed by atoms with Crippen LogP contribution in [-0.4, -0.2) is 37.6 Å². The molecule has 5 heteroatoms. The summed E-state index contributed by atoms with van der Waals surface area (Å²) in [7, 11) is 1.38. The monoisotopic (exact) mass is 296 g/mol. The number of halogens is 1. The van der Waals surface area contributed by atoms with Gasteiger partial charge in [-0.15, -0.1) is 0 Å². The Kier molecular flexibility index (Phi) is 6.15. The van der Waals surface area contributed by atoms with E-state index in [2.05, 4.69) is 0 Å². The molecule has 0 radical (unpaired) electrons. The van der Waals surface area contributed by atoms with Crippen LogP contribution in [0.15, 0.2) is 18.2 Å². The van der Waals surface area contributed by atoms with Gasteiger partial charge >= 0.3 is 0 Å². The van der Waals surface area contributed by atoms with E-state index in [1.807, 2.05) is 20.8 Å². The van der Waals surface area contributed by atoms with Crippen LogP contribution in [0.5, 0.6) is 5.75 Å². The number of benzene rings is 1. The lowest BCUT2D eigenvalue weighted by molar-refractivity contribution is 0.0689. The van der Waals surface area contributed by atoms with Crippen molar-refractivity contribution in [2.45, 2.75) is 27.2 Å². The number of methoxy groups -OCH3 is 1. The first-order valence-corrected chi connectivity index (χ1v) is 7.17. The standard InChI is InChI=1S/C16H25FN2O2/c1-5-8-19(11-16(2,3)10-18)15(20)12-6-7-13(17)14(9-12)21-4/h6-7,9H,5,8,10-11,18H2,1-4H3. The number of amides is 1. The Hall–Kier alpha value is -1.62. The zero-order valence-corrected chi connectivity index (χ0v) is 13.3. The van der Waals surface area contributed by atoms with Crippen LogP contribution in [-0.2, 0) is 0 Å². The minimum atomic E-state index is -0.474. The number of carbonyl (C=O) groups excluding carboxylic acids is 1. The third-order valence-electron chi connectivity index (χ3n) is 3.35. The first-order chi connectivity index (χ1) is 9.84. The van der Waals surface area contributed by atoms with Crippen molar-refractivity contribution in [1.82, 2.24) is 4.90 Å². The molecule has 0 aliphatic carbocycles. The molecule has 2 N–H and O–H groups in total. The van der Waals surface area contributed by atoms with Gasteiger partial charge in [-0.05, 0) is 36.6 Å². The third-order valence-corrected chi connectivity index (χ3v) is 3.35. The first kappa shape index (κ1) is 17.4. The van der Waals surface area contributed by atoms with Crippen LogP contribution in [0.3, 0.4) is 0 Å². The lowest BCUT2D eigenvalue weighted by Gasteiger charge is -2.31. The van der Waals surface area contributed by atoms with E-state index in [4.69, 9.17) is 10.5 Å². The lowest BCUT2D eigenvalue weighted by atomic mass is 9.92. The summed E-state index contributed by atoms with van der Waals surface area (Å²) in [6, 6.07) is 4.18. The molecule has 0 unspecified atom stereocenters. The van der Waals surface area contributed by atoms with E-state index in [1.54, 1.807) is 4.90 Å². The summed E-state index contributed by atoms with van der Waals surface area (Å²) in [5, 5.41) is 0. The summed E-state index contributed by atoms with van der Waals surface area (Å²) in [5.41, 5.74) is 6.02. The van der Waals surface area contributed by atoms with Crippen molar-refractivity contribution < 1.29 is 13.9 Å². The summed E-state index contributed by atoms with van der Waals surface area (Å²) in [6.45, 7) is 7.76. The molecule has 0 saturated heterocycles. The molecule has 0 aliphatic heterocycles. The van der Waals surface area contributed by atoms with Crippen molar-refractivity contribution in [3.8, 4) is 5.75 Å². The number of hydrogen-bond donors (Lipinski definition) is 1. The molecule has 0 aromatic heterocycles. The van der Waals surface area contributed by atoms with Gasteiger partial charge in [0.2, 0.25) is 0 Å². The molecular weight excluding hydrogens is 271 g/mol. The molecule has 0 atom stereocenters. The summed E-state index contributed by atoms with van der Waals surface area (Å²) in [6.07, 6.45) is 0.852. The van der Waals surface area contributed by atoms with Crippen LogP contribution in [0.2, 0.25) is 0 Å². The summed E-state index contributed by atoms with van der Waals surface area (Å²) < 4.78 is 18.4. The summed E-state index contributed by atoms with van der Waals surface area (Å²) in [4.78, 5) is 14.4. The molecule has 21 heavy (non-hydrogen) atoms. The Labute approximate surface area is 126 Å². The maximum Gasteiger partial charge on any atom is 0.254 e. The fourth-order valence-electron chi connectivity index (χ4n) is 2.08. The molecule has 0 saturated carbocycles. The van der Waals surface area contributed by atoms with Crippen molar-refractivity contribution in [1.29, 1.82) is 0 Å². The molecule has 1 aromatic rings. The molecule has 0 fully saturated rings. The molecule has 1 rings (SSSR count). The van der Waals surface area contributed by atoms with Gasteiger partial charge in [-0.2, -0.15) is 0 Å². The van der Waals surface area contributed by atoms with Gasteiger partial charge in [-0.25, -0.2) is 4.39 Å². The molecule has 0 aliphatic rings. The fourth-order valence-corrected chi connectivity index (χ4v) is 2.08. The lowest BCUT2D eigenvalue weighted by Crippen LogP contribution is -2.42. The highest BCUT2D eigenvalue weighted by Crippen LogP contribution is 2.21. The second-order valence-corrected chi connectivity index (χ2v) is 5.94. The van der Waals surface area contributed by atoms with E-state index in [-0.39, 0.29) is 17.1 Å². The summed E-state index contributed by atoms with van der Waals surface area (Å²) in [5.74, 6) is -0.523. The maximum absolute atomic E-state index is 13.4. The number of hydrogen-bond acceptors (Lipinski definition) is 3. The van der Waals surface area contributed by atoms with Crippen LogP contribution in [0.1, 0.15) is 37.6 Å². The van der Waals surface area contributed by atoms with Crippen molar-refractivity contribution in [2.24, 2.45) is 11.1 Å². The van der Waals surface area contributed by atoms with Gasteiger partial charge in [0.05, 0.1) is 7.11 Å². The fraction of sp³-hybridized carbons (Fsp3) is 0.562. The minimum absolute atomic E-state index is 0.0791. The van der Waals surface area contributed by atoms with Gasteiger partial charge in [0, 0.05) is 18.7 Å². The van der Waals surface area contributed by atoms with Crippen molar-refractivity contribution in [3.05, 3.63) is 29.6 Å². The van der Waals surface area contributed by atoms with E-state index in [0.29, 0.717) is 25.2 Å². The molecule has 118 valence electrons. The zero-order chi connectivity index (χ0) is 16.0. The van der Waals surface area contributed by atoms with E-state index < -0.39 is 5.82 Å². The smallest absolute Gasteiger partial charge is 0.254 e. The number of nitrogens with two attached hydrogens (primary N) is 1. The number of ether oxygens (including phenoxy) is 1. The van der Waals surface area contributed by atoms with Gasteiger partial charge in [0.1, 0.15) is 0 Å². The topological polar surface area (TPSA) is 55.6 Å². The molecule has 1 amide bonds. The Bertz CT molecular complexity index is 489. The first-order valence-electron chi connectivity index (χ1n) is 7.17. The number of rotatable bonds is 7. The van der Waals surface area contributed by atoms with E-state index in [9.17, 15) is 9.18 Å². The average molecular weight is 296 g/mol. The van der Waals surface area contributed by atoms with Gasteiger partial charge in [0.15, 0.2) is 11.6 Å². The Morgan fingerprint density at radius 2 is 2.10 bits per heavy atom. The van der Waals surface area contributed by atoms with Crippen LogP contribution < -0.4 is 10.5 Å². The maximum atomic E-state index is 13.4. The highest BCUT2D eigenvalue weighted by molar-refractivity contribution is 5.94. The molecule has 1 aromatic carbocycles. The van der Waals surface area contributed by atoms with Crippen molar-refractivity contribution >= 4 is 5.91 Å². The van der Waals surface area contributed by atoms with Gasteiger partial charge in [-0.1, -0.05) is 20.8 Å². The average Bonchev–Trinajstić information content (AvgIpc) is 2.46. The molecule has 0 heterocycles. The van der Waals surface area contributed by atoms with Gasteiger partial charge < -0.3 is 15.4 Å². The normalized spacial score (nSPS) is 11.3. The van der Waals surface area contributed by atoms with E-state index >= 15 is 0 Å². The van der Waals surface area contributed by atoms with Crippen LogP contribution in [0, 0.1) is 11.2 Å². The zero-order valence-electron chi connectivity index (χ0n) is 13.3. The minimum Gasteiger partial charge on any atom is -0.494 e. The highest BCUT2D eigenvalue weighted by atomic mass is 19.1. The SMILES string of the molecule is CCCN(CC(C)(C)CN)C(=O)c1ccc(F)c(OC)c1. The Balaban J connectivity index is 3.00. The number of carbonyl (C=O) groups is 1. The van der Waals surface area contributed by atoms with Gasteiger partial charge in [-0.3, -0.25) is 4.79 Å². The second kappa shape index (κ2) is 7.41. The third kappa shape index (κ3) is 4.70. The predicted molar refractivity (Wildman–Crippen MR) is 82.0 cm³/mol. The van der Waals surface area contributed by atoms with Crippen molar-refractivity contribution in [3.63, 3.8) is 0 Å². The van der Waals surface area contributed by atoms with Crippen LogP contribution in [0.25, 0.3) is 0 Å². The molecular formula is C16H25FN2O2. The van der Waals surface area contributed by atoms with E-state index in [1.165, 1.54) is 25.3 Å². The Morgan fingerprint density at radius 3 is 2.62 bits per heavy atom. The largest absolute Gasteiger partial charge is 0.494 e. The van der Waals surface area contributed by atoms with Crippen LogP contribution >= 0.6 is 0 Å². The van der Waals surface area contributed by atoms with E-state index in [0.717, 1.165) is 6.42 Å². The van der Waals surface area contributed by atoms with Crippen molar-refractivity contribution in [2.75, 3.05) is 26.7 Å². The molecule has 0 bridgehead atoms. The number of nitrogens with zero attached hydrogens (tertiary/aromatic N) is 1. The molecule has 4 nitrogen and oxygen atoms in total. The predicted octanol–water partition coefficient (Wildman–Crippen LogP) is 2.67. The second-order valence-electron chi connectivity index (χ2n) is 5.94. The van der Waals surface area contributed by atoms with Gasteiger partial charge in [0.25, 0.3) is 5.91 Å². The molecule has 0 spiro atoms.